The molecule has 140 valence electrons. The number of aryl methyl sites for hydroxylation is 2. The SMILES string of the molecule is Cc1ccn(CCC(=O)N2CCC(O)(CN3CCC(F)(F)CC3)C2)n1. The van der Waals surface area contributed by atoms with Gasteiger partial charge in [-0.25, -0.2) is 8.78 Å². The van der Waals surface area contributed by atoms with Gasteiger partial charge in [-0.1, -0.05) is 0 Å². The number of carbonyl (C=O) groups excluding carboxylic acids is 1. The van der Waals surface area contributed by atoms with Crippen molar-refractivity contribution >= 4 is 5.91 Å². The number of likely N-dealkylation sites (tertiary alicyclic amines) is 2. The molecule has 1 atom stereocenters. The van der Waals surface area contributed by atoms with Crippen molar-refractivity contribution in [2.24, 2.45) is 0 Å². The Labute approximate surface area is 146 Å². The van der Waals surface area contributed by atoms with Gasteiger partial charge in [-0.3, -0.25) is 14.4 Å². The molecular weight excluding hydrogens is 330 g/mol. The highest BCUT2D eigenvalue weighted by atomic mass is 19.3. The molecule has 0 saturated carbocycles. The van der Waals surface area contributed by atoms with Crippen LogP contribution in [0.15, 0.2) is 12.3 Å². The first kappa shape index (κ1) is 18.3. The lowest BCUT2D eigenvalue weighted by molar-refractivity contribution is -0.131. The molecule has 2 aliphatic heterocycles. The van der Waals surface area contributed by atoms with E-state index >= 15 is 0 Å². The van der Waals surface area contributed by atoms with E-state index in [0.717, 1.165) is 5.69 Å². The zero-order chi connectivity index (χ0) is 18.1. The monoisotopic (exact) mass is 356 g/mol. The zero-order valence-corrected chi connectivity index (χ0v) is 14.6. The molecule has 2 saturated heterocycles. The molecule has 3 rings (SSSR count). The summed E-state index contributed by atoms with van der Waals surface area (Å²) < 4.78 is 28.2. The second-order valence-corrected chi connectivity index (χ2v) is 7.39. The molecule has 1 N–H and O–H groups in total. The molecule has 6 nitrogen and oxygen atoms in total. The molecule has 1 unspecified atom stereocenters. The van der Waals surface area contributed by atoms with Crippen molar-refractivity contribution < 1.29 is 18.7 Å². The first-order valence-corrected chi connectivity index (χ1v) is 8.85. The van der Waals surface area contributed by atoms with E-state index in [0.29, 0.717) is 45.6 Å². The average molecular weight is 356 g/mol. The van der Waals surface area contributed by atoms with E-state index in [1.807, 2.05) is 24.1 Å². The number of nitrogens with zero attached hydrogens (tertiary/aromatic N) is 4. The molecule has 0 bridgehead atoms. The van der Waals surface area contributed by atoms with Crippen LogP contribution in [-0.2, 0) is 11.3 Å². The van der Waals surface area contributed by atoms with E-state index in [1.54, 1.807) is 9.58 Å². The third kappa shape index (κ3) is 4.76. The molecular formula is C17H26F2N4O2. The summed E-state index contributed by atoms with van der Waals surface area (Å²) in [6.07, 6.45) is 2.36. The summed E-state index contributed by atoms with van der Waals surface area (Å²) in [6, 6.07) is 1.89. The van der Waals surface area contributed by atoms with Gasteiger partial charge in [-0.05, 0) is 19.4 Å². The molecule has 25 heavy (non-hydrogen) atoms. The highest BCUT2D eigenvalue weighted by molar-refractivity contribution is 5.76. The number of carbonyl (C=O) groups is 1. The van der Waals surface area contributed by atoms with Gasteiger partial charge in [0, 0.05) is 58.2 Å². The van der Waals surface area contributed by atoms with Crippen molar-refractivity contribution in [1.29, 1.82) is 0 Å². The van der Waals surface area contributed by atoms with Crippen LogP contribution in [0.3, 0.4) is 0 Å². The first-order chi connectivity index (χ1) is 11.7. The van der Waals surface area contributed by atoms with Gasteiger partial charge in [0.1, 0.15) is 0 Å². The zero-order valence-electron chi connectivity index (χ0n) is 14.6. The topological polar surface area (TPSA) is 61.6 Å². The van der Waals surface area contributed by atoms with Gasteiger partial charge < -0.3 is 10.0 Å². The third-order valence-electron chi connectivity index (χ3n) is 5.12. The number of rotatable bonds is 5. The van der Waals surface area contributed by atoms with Gasteiger partial charge in [0.25, 0.3) is 5.92 Å². The predicted molar refractivity (Wildman–Crippen MR) is 88.3 cm³/mol. The van der Waals surface area contributed by atoms with E-state index in [4.69, 9.17) is 0 Å². The minimum atomic E-state index is -2.58. The fourth-order valence-electron chi connectivity index (χ4n) is 3.61. The Balaban J connectivity index is 1.46. The van der Waals surface area contributed by atoms with Crippen LogP contribution in [0.5, 0.6) is 0 Å². The average Bonchev–Trinajstić information content (AvgIpc) is 3.13. The quantitative estimate of drug-likeness (QED) is 0.863. The number of aliphatic hydroxyl groups is 1. The fourth-order valence-corrected chi connectivity index (χ4v) is 3.61. The minimum absolute atomic E-state index is 0.00532. The fraction of sp³-hybridized carbons (Fsp3) is 0.765. The van der Waals surface area contributed by atoms with Crippen LogP contribution in [0.4, 0.5) is 8.78 Å². The summed E-state index contributed by atoms with van der Waals surface area (Å²) in [5, 5.41) is 15.0. The Morgan fingerprint density at radius 2 is 2.00 bits per heavy atom. The highest BCUT2D eigenvalue weighted by Crippen LogP contribution is 2.30. The summed E-state index contributed by atoms with van der Waals surface area (Å²) in [4.78, 5) is 15.9. The number of amides is 1. The number of β-amino-alcohol motifs (C(OH)–C–C–N with tert-alkyl or cyclic N) is 1. The first-order valence-electron chi connectivity index (χ1n) is 8.85. The summed E-state index contributed by atoms with van der Waals surface area (Å²) in [5.74, 6) is -2.59. The van der Waals surface area contributed by atoms with E-state index in [9.17, 15) is 18.7 Å². The van der Waals surface area contributed by atoms with E-state index in [-0.39, 0.29) is 25.3 Å². The molecule has 2 fully saturated rings. The maximum absolute atomic E-state index is 13.2. The standard InChI is InChI=1S/C17H26F2N4O2/c1-14-2-7-23(20-14)8-3-15(24)22-11-4-16(25,13-22)12-21-9-5-17(18,19)6-10-21/h2,7,25H,3-6,8-13H2,1H3. The lowest BCUT2D eigenvalue weighted by Crippen LogP contribution is -2.49. The van der Waals surface area contributed by atoms with Gasteiger partial charge in [-0.2, -0.15) is 5.10 Å². The number of piperidine rings is 1. The summed E-state index contributed by atoms with van der Waals surface area (Å²) in [5.41, 5.74) is -0.0833. The van der Waals surface area contributed by atoms with Gasteiger partial charge in [0.2, 0.25) is 5.91 Å². The normalized spacial score (nSPS) is 27.0. The second-order valence-electron chi connectivity index (χ2n) is 7.39. The Kier molecular flexibility index (Phi) is 5.11. The third-order valence-corrected chi connectivity index (χ3v) is 5.12. The van der Waals surface area contributed by atoms with Crippen LogP contribution in [0.25, 0.3) is 0 Å². The Bertz CT molecular complexity index is 612. The maximum Gasteiger partial charge on any atom is 0.250 e. The van der Waals surface area contributed by atoms with Crippen molar-refractivity contribution in [1.82, 2.24) is 19.6 Å². The van der Waals surface area contributed by atoms with Crippen molar-refractivity contribution in [3.05, 3.63) is 18.0 Å². The lowest BCUT2D eigenvalue weighted by atomic mass is 10.00. The molecule has 1 aromatic rings. The Morgan fingerprint density at radius 1 is 1.28 bits per heavy atom. The molecule has 3 heterocycles. The lowest BCUT2D eigenvalue weighted by Gasteiger charge is -2.36. The second kappa shape index (κ2) is 6.99. The Hall–Kier alpha value is -1.54. The number of hydrogen-bond acceptors (Lipinski definition) is 4. The van der Waals surface area contributed by atoms with Crippen LogP contribution < -0.4 is 0 Å². The van der Waals surface area contributed by atoms with Crippen LogP contribution in [0, 0.1) is 6.92 Å². The Morgan fingerprint density at radius 3 is 2.64 bits per heavy atom. The molecule has 0 aliphatic carbocycles. The van der Waals surface area contributed by atoms with E-state index in [2.05, 4.69) is 5.10 Å². The van der Waals surface area contributed by atoms with Crippen LogP contribution in [0.2, 0.25) is 0 Å². The minimum Gasteiger partial charge on any atom is -0.387 e. The van der Waals surface area contributed by atoms with Crippen molar-refractivity contribution in [2.75, 3.05) is 32.7 Å². The molecule has 0 aromatic carbocycles. The predicted octanol–water partition coefficient (Wildman–Crippen LogP) is 1.28. The molecule has 0 radical (unpaired) electrons. The number of halogens is 2. The summed E-state index contributed by atoms with van der Waals surface area (Å²) >= 11 is 0. The van der Waals surface area contributed by atoms with Crippen LogP contribution in [0.1, 0.15) is 31.4 Å². The van der Waals surface area contributed by atoms with Gasteiger partial charge in [0.15, 0.2) is 0 Å². The van der Waals surface area contributed by atoms with Crippen molar-refractivity contribution in [3.63, 3.8) is 0 Å². The number of alkyl halides is 2. The van der Waals surface area contributed by atoms with Crippen LogP contribution in [-0.4, -0.2) is 74.8 Å². The van der Waals surface area contributed by atoms with Crippen LogP contribution >= 0.6 is 0 Å². The molecule has 2 aliphatic rings. The van der Waals surface area contributed by atoms with Gasteiger partial charge >= 0.3 is 0 Å². The van der Waals surface area contributed by atoms with Crippen molar-refractivity contribution in [2.45, 2.75) is 50.7 Å². The van der Waals surface area contributed by atoms with Gasteiger partial charge in [0.05, 0.1) is 17.8 Å². The highest BCUT2D eigenvalue weighted by Gasteiger charge is 2.41. The van der Waals surface area contributed by atoms with Gasteiger partial charge in [-0.15, -0.1) is 0 Å². The molecule has 8 heteroatoms. The largest absolute Gasteiger partial charge is 0.387 e. The van der Waals surface area contributed by atoms with E-state index < -0.39 is 11.5 Å². The van der Waals surface area contributed by atoms with E-state index in [1.165, 1.54) is 0 Å². The molecule has 1 aromatic heterocycles. The number of hydrogen-bond donors (Lipinski definition) is 1. The maximum atomic E-state index is 13.2. The smallest absolute Gasteiger partial charge is 0.250 e. The molecule has 1 amide bonds. The molecule has 0 spiro atoms. The summed E-state index contributed by atoms with van der Waals surface area (Å²) in [7, 11) is 0. The summed E-state index contributed by atoms with van der Waals surface area (Å²) in [6.45, 7) is 4.14. The van der Waals surface area contributed by atoms with Crippen molar-refractivity contribution in [3.8, 4) is 0 Å². The number of aromatic nitrogens is 2.